The van der Waals surface area contributed by atoms with Crippen molar-refractivity contribution in [3.8, 4) is 0 Å². The number of nitrogens with zero attached hydrogens (tertiary/aromatic N) is 2. The molecule has 0 radical (unpaired) electrons. The molecule has 2 aliphatic carbocycles. The van der Waals surface area contributed by atoms with E-state index in [0.29, 0.717) is 0 Å². The summed E-state index contributed by atoms with van der Waals surface area (Å²) in [5.41, 5.74) is 0. The summed E-state index contributed by atoms with van der Waals surface area (Å²) in [6, 6.07) is 1.78. The van der Waals surface area contributed by atoms with E-state index in [2.05, 4.69) is 9.80 Å². The van der Waals surface area contributed by atoms with Crippen LogP contribution in [0.1, 0.15) is 64.2 Å². The minimum absolute atomic E-state index is 0.891. The van der Waals surface area contributed by atoms with E-state index in [1.807, 2.05) is 0 Å². The highest BCUT2D eigenvalue weighted by Gasteiger charge is 2.23. The summed E-state index contributed by atoms with van der Waals surface area (Å²) in [5, 5.41) is 0. The van der Waals surface area contributed by atoms with E-state index in [1.54, 1.807) is 0 Å². The van der Waals surface area contributed by atoms with Gasteiger partial charge in [0, 0.05) is 38.3 Å². The largest absolute Gasteiger partial charge is 0.379 e. The molecule has 4 nitrogen and oxygen atoms in total. The minimum Gasteiger partial charge on any atom is -0.379 e. The van der Waals surface area contributed by atoms with Crippen LogP contribution in [-0.2, 0) is 9.47 Å². The van der Waals surface area contributed by atoms with Gasteiger partial charge in [0.1, 0.15) is 0 Å². The molecule has 0 aromatic rings. The summed E-state index contributed by atoms with van der Waals surface area (Å²) in [4.78, 5) is 5.26. The Labute approximate surface area is 148 Å². The van der Waals surface area contributed by atoms with Gasteiger partial charge in [-0.2, -0.15) is 0 Å². The number of rotatable bonds is 2. The lowest BCUT2D eigenvalue weighted by Crippen LogP contribution is -2.44. The fourth-order valence-electron chi connectivity index (χ4n) is 4.78. The van der Waals surface area contributed by atoms with E-state index in [1.165, 1.54) is 90.4 Å². The van der Waals surface area contributed by atoms with Crippen LogP contribution in [0, 0.1) is 0 Å². The molecule has 4 heteroatoms. The normalized spacial score (nSPS) is 29.0. The molecule has 2 saturated heterocycles. The Balaban J connectivity index is 0.000000141. The zero-order chi connectivity index (χ0) is 16.5. The summed E-state index contributed by atoms with van der Waals surface area (Å²) < 4.78 is 10.7. The maximum atomic E-state index is 5.35. The fourth-order valence-corrected chi connectivity index (χ4v) is 4.78. The molecular formula is C20H38N2O2. The molecule has 2 aliphatic heterocycles. The molecule has 4 fully saturated rings. The lowest BCUT2D eigenvalue weighted by Gasteiger charge is -2.36. The Bertz CT molecular complexity index is 252. The van der Waals surface area contributed by atoms with Gasteiger partial charge in [-0.15, -0.1) is 0 Å². The van der Waals surface area contributed by atoms with Gasteiger partial charge in [-0.1, -0.05) is 38.5 Å². The lowest BCUT2D eigenvalue weighted by molar-refractivity contribution is 0.00856. The molecule has 0 unspecified atom stereocenters. The van der Waals surface area contributed by atoms with E-state index in [9.17, 15) is 0 Å². The molecule has 4 rings (SSSR count). The molecule has 4 aliphatic rings. The first kappa shape index (κ1) is 18.6. The van der Waals surface area contributed by atoms with Crippen LogP contribution in [0.15, 0.2) is 0 Å². The molecular weight excluding hydrogens is 300 g/mol. The van der Waals surface area contributed by atoms with Crippen molar-refractivity contribution in [2.45, 2.75) is 76.3 Å². The highest BCUT2D eigenvalue weighted by atomic mass is 16.5. The van der Waals surface area contributed by atoms with Gasteiger partial charge in [-0.3, -0.25) is 9.80 Å². The number of hydrogen-bond acceptors (Lipinski definition) is 4. The van der Waals surface area contributed by atoms with Gasteiger partial charge in [0.25, 0.3) is 0 Å². The van der Waals surface area contributed by atoms with E-state index >= 15 is 0 Å². The molecule has 0 atom stereocenters. The third-order valence-electron chi connectivity index (χ3n) is 6.27. The van der Waals surface area contributed by atoms with Gasteiger partial charge >= 0.3 is 0 Å². The first-order valence-electron chi connectivity index (χ1n) is 10.6. The SMILES string of the molecule is C1CCC(N2CCOCC2)CC1.C1CCC(N2CCOCC2)CC1. The van der Waals surface area contributed by atoms with Crippen molar-refractivity contribution in [1.82, 2.24) is 9.80 Å². The van der Waals surface area contributed by atoms with Crippen molar-refractivity contribution in [2.75, 3.05) is 52.6 Å². The molecule has 0 aromatic carbocycles. The van der Waals surface area contributed by atoms with Crippen molar-refractivity contribution in [3.63, 3.8) is 0 Å². The molecule has 0 amide bonds. The Hall–Kier alpha value is -0.160. The Morgan fingerprint density at radius 2 is 0.792 bits per heavy atom. The molecule has 24 heavy (non-hydrogen) atoms. The van der Waals surface area contributed by atoms with Gasteiger partial charge in [0.2, 0.25) is 0 Å². The van der Waals surface area contributed by atoms with E-state index in [4.69, 9.17) is 9.47 Å². The second-order valence-electron chi connectivity index (χ2n) is 7.88. The van der Waals surface area contributed by atoms with Crippen molar-refractivity contribution in [3.05, 3.63) is 0 Å². The molecule has 2 heterocycles. The average molecular weight is 339 g/mol. The second-order valence-corrected chi connectivity index (χ2v) is 7.88. The molecule has 0 aromatic heterocycles. The van der Waals surface area contributed by atoms with Gasteiger partial charge < -0.3 is 9.47 Å². The van der Waals surface area contributed by atoms with Crippen LogP contribution < -0.4 is 0 Å². The molecule has 0 N–H and O–H groups in total. The highest BCUT2D eigenvalue weighted by Crippen LogP contribution is 2.23. The molecule has 0 spiro atoms. The van der Waals surface area contributed by atoms with Gasteiger partial charge in [-0.05, 0) is 25.7 Å². The van der Waals surface area contributed by atoms with Gasteiger partial charge in [-0.25, -0.2) is 0 Å². The highest BCUT2D eigenvalue weighted by molar-refractivity contribution is 4.78. The topological polar surface area (TPSA) is 24.9 Å². The predicted molar refractivity (Wildman–Crippen MR) is 98.5 cm³/mol. The summed E-state index contributed by atoms with van der Waals surface area (Å²) in [7, 11) is 0. The van der Waals surface area contributed by atoms with Crippen LogP contribution in [0.4, 0.5) is 0 Å². The fraction of sp³-hybridized carbons (Fsp3) is 1.00. The number of hydrogen-bond donors (Lipinski definition) is 0. The van der Waals surface area contributed by atoms with E-state index in [0.717, 1.165) is 38.5 Å². The molecule has 2 saturated carbocycles. The summed E-state index contributed by atoms with van der Waals surface area (Å²) in [6.45, 7) is 8.50. The van der Waals surface area contributed by atoms with Crippen molar-refractivity contribution in [2.24, 2.45) is 0 Å². The zero-order valence-corrected chi connectivity index (χ0v) is 15.6. The van der Waals surface area contributed by atoms with Gasteiger partial charge in [0.05, 0.1) is 26.4 Å². The summed E-state index contributed by atoms with van der Waals surface area (Å²) in [6.07, 6.45) is 14.4. The van der Waals surface area contributed by atoms with Crippen LogP contribution in [0.25, 0.3) is 0 Å². The van der Waals surface area contributed by atoms with Crippen LogP contribution >= 0.6 is 0 Å². The van der Waals surface area contributed by atoms with E-state index in [-0.39, 0.29) is 0 Å². The van der Waals surface area contributed by atoms with Crippen LogP contribution in [-0.4, -0.2) is 74.5 Å². The van der Waals surface area contributed by atoms with Crippen LogP contribution in [0.5, 0.6) is 0 Å². The standard InChI is InChI=1S/2C10H19NO/c2*1-2-4-10(5-3-1)11-6-8-12-9-7-11/h2*10H,1-9H2. The zero-order valence-electron chi connectivity index (χ0n) is 15.6. The van der Waals surface area contributed by atoms with E-state index < -0.39 is 0 Å². The third-order valence-corrected chi connectivity index (χ3v) is 6.27. The third kappa shape index (κ3) is 5.98. The summed E-state index contributed by atoms with van der Waals surface area (Å²) in [5.74, 6) is 0. The Morgan fingerprint density at radius 3 is 1.12 bits per heavy atom. The Kier molecular flexibility index (Phi) is 8.34. The van der Waals surface area contributed by atoms with Crippen molar-refractivity contribution in [1.29, 1.82) is 0 Å². The minimum atomic E-state index is 0.891. The monoisotopic (exact) mass is 338 g/mol. The Morgan fingerprint density at radius 1 is 0.458 bits per heavy atom. The first-order chi connectivity index (χ1) is 11.9. The smallest absolute Gasteiger partial charge is 0.0594 e. The maximum absolute atomic E-state index is 5.35. The second kappa shape index (κ2) is 10.7. The number of ether oxygens (including phenoxy) is 2. The molecule has 140 valence electrons. The maximum Gasteiger partial charge on any atom is 0.0594 e. The quantitative estimate of drug-likeness (QED) is 0.771. The lowest BCUT2D eigenvalue weighted by atomic mass is 9.94. The van der Waals surface area contributed by atoms with Crippen LogP contribution in [0.3, 0.4) is 0 Å². The molecule has 0 bridgehead atoms. The van der Waals surface area contributed by atoms with Crippen LogP contribution in [0.2, 0.25) is 0 Å². The van der Waals surface area contributed by atoms with Crippen molar-refractivity contribution >= 4 is 0 Å². The summed E-state index contributed by atoms with van der Waals surface area (Å²) >= 11 is 0. The first-order valence-corrected chi connectivity index (χ1v) is 10.6. The predicted octanol–water partition coefficient (Wildman–Crippen LogP) is 3.30. The van der Waals surface area contributed by atoms with Crippen molar-refractivity contribution < 1.29 is 9.47 Å². The van der Waals surface area contributed by atoms with Gasteiger partial charge in [0.15, 0.2) is 0 Å². The average Bonchev–Trinajstić information content (AvgIpc) is 2.71. The number of morpholine rings is 2.